The molecular formula is C13H25NO3. The van der Waals surface area contributed by atoms with Crippen LogP contribution in [0, 0.1) is 5.41 Å². The zero-order valence-corrected chi connectivity index (χ0v) is 11.2. The summed E-state index contributed by atoms with van der Waals surface area (Å²) in [5, 5.41) is 12.2. The highest BCUT2D eigenvalue weighted by molar-refractivity contribution is 5.70. The lowest BCUT2D eigenvalue weighted by Gasteiger charge is -2.20. The van der Waals surface area contributed by atoms with Gasteiger partial charge in [-0.1, -0.05) is 0 Å². The van der Waals surface area contributed by atoms with Gasteiger partial charge in [0.1, 0.15) is 5.60 Å². The van der Waals surface area contributed by atoms with E-state index in [2.05, 4.69) is 5.32 Å². The second-order valence-corrected chi connectivity index (χ2v) is 5.99. The van der Waals surface area contributed by atoms with Gasteiger partial charge < -0.3 is 15.2 Å². The van der Waals surface area contributed by atoms with Crippen molar-refractivity contribution in [1.82, 2.24) is 5.32 Å². The van der Waals surface area contributed by atoms with Crippen molar-refractivity contribution in [1.29, 1.82) is 0 Å². The van der Waals surface area contributed by atoms with Crippen molar-refractivity contribution >= 4 is 5.97 Å². The van der Waals surface area contributed by atoms with Gasteiger partial charge in [-0.3, -0.25) is 4.79 Å². The zero-order valence-electron chi connectivity index (χ0n) is 11.2. The lowest BCUT2D eigenvalue weighted by molar-refractivity contribution is -0.154. The van der Waals surface area contributed by atoms with Gasteiger partial charge in [-0.2, -0.15) is 0 Å². The Bertz CT molecular complexity index is 254. The summed E-state index contributed by atoms with van der Waals surface area (Å²) in [6.45, 7) is 7.43. The molecule has 0 saturated heterocycles. The Balaban J connectivity index is 2.06. The number of aliphatic hydroxyl groups excluding tert-OH is 1. The van der Waals surface area contributed by atoms with Crippen LogP contribution >= 0.6 is 0 Å². The SMILES string of the molecule is CC(C)(C)OC(=O)CCNCC1(CCO)CC1. The lowest BCUT2D eigenvalue weighted by atomic mass is 10.0. The van der Waals surface area contributed by atoms with Crippen molar-refractivity contribution in [2.24, 2.45) is 5.41 Å². The third-order valence-corrected chi connectivity index (χ3v) is 3.03. The molecule has 0 amide bonds. The van der Waals surface area contributed by atoms with E-state index in [1.807, 2.05) is 20.8 Å². The molecule has 0 aromatic rings. The monoisotopic (exact) mass is 243 g/mol. The number of hydrogen-bond donors (Lipinski definition) is 2. The molecule has 4 heteroatoms. The largest absolute Gasteiger partial charge is 0.460 e. The number of ether oxygens (including phenoxy) is 1. The van der Waals surface area contributed by atoms with Crippen LogP contribution in [0.5, 0.6) is 0 Å². The van der Waals surface area contributed by atoms with Crippen molar-refractivity contribution in [3.63, 3.8) is 0 Å². The molecular weight excluding hydrogens is 218 g/mol. The van der Waals surface area contributed by atoms with E-state index < -0.39 is 5.60 Å². The minimum atomic E-state index is -0.397. The molecule has 2 N–H and O–H groups in total. The van der Waals surface area contributed by atoms with E-state index in [9.17, 15) is 4.79 Å². The van der Waals surface area contributed by atoms with Crippen LogP contribution in [0.15, 0.2) is 0 Å². The van der Waals surface area contributed by atoms with Crippen LogP contribution in [-0.4, -0.2) is 36.4 Å². The molecule has 0 aromatic carbocycles. The van der Waals surface area contributed by atoms with Crippen molar-refractivity contribution in [3.05, 3.63) is 0 Å². The van der Waals surface area contributed by atoms with Crippen LogP contribution in [0.25, 0.3) is 0 Å². The van der Waals surface area contributed by atoms with Gasteiger partial charge in [0.2, 0.25) is 0 Å². The standard InChI is InChI=1S/C13H25NO3/c1-12(2,3)17-11(16)4-8-14-10-13(5-6-13)7-9-15/h14-15H,4-10H2,1-3H3. The Kier molecular flexibility index (Phi) is 4.95. The second kappa shape index (κ2) is 5.83. The maximum absolute atomic E-state index is 11.4. The minimum absolute atomic E-state index is 0.156. The first-order chi connectivity index (χ1) is 7.87. The molecule has 0 spiro atoms. The Morgan fingerprint density at radius 1 is 1.41 bits per heavy atom. The Hall–Kier alpha value is -0.610. The molecule has 1 saturated carbocycles. The van der Waals surface area contributed by atoms with Crippen molar-refractivity contribution in [3.8, 4) is 0 Å². The number of aliphatic hydroxyl groups is 1. The molecule has 0 heterocycles. The van der Waals surface area contributed by atoms with Gasteiger partial charge in [-0.25, -0.2) is 0 Å². The zero-order chi connectivity index (χ0) is 12.9. The first-order valence-electron chi connectivity index (χ1n) is 6.40. The fraction of sp³-hybridized carbons (Fsp3) is 0.923. The fourth-order valence-corrected chi connectivity index (χ4v) is 1.87. The number of carbonyl (C=O) groups excluding carboxylic acids is 1. The minimum Gasteiger partial charge on any atom is -0.460 e. The van der Waals surface area contributed by atoms with E-state index in [1.165, 1.54) is 12.8 Å². The maximum atomic E-state index is 11.4. The molecule has 0 radical (unpaired) electrons. The quantitative estimate of drug-likeness (QED) is 0.525. The molecule has 4 nitrogen and oxygen atoms in total. The fourth-order valence-electron chi connectivity index (χ4n) is 1.87. The summed E-state index contributed by atoms with van der Waals surface area (Å²) in [6.07, 6.45) is 3.65. The summed E-state index contributed by atoms with van der Waals surface area (Å²) >= 11 is 0. The number of rotatable bonds is 7. The van der Waals surface area contributed by atoms with E-state index in [0.29, 0.717) is 18.4 Å². The molecule has 1 rings (SSSR count). The predicted octanol–water partition coefficient (Wildman–Crippen LogP) is 1.47. The molecule has 100 valence electrons. The summed E-state index contributed by atoms with van der Waals surface area (Å²) in [7, 11) is 0. The highest BCUT2D eigenvalue weighted by Gasteiger charge is 2.41. The lowest BCUT2D eigenvalue weighted by Crippen LogP contribution is -2.29. The third-order valence-electron chi connectivity index (χ3n) is 3.03. The highest BCUT2D eigenvalue weighted by atomic mass is 16.6. The summed E-state index contributed by atoms with van der Waals surface area (Å²) < 4.78 is 5.21. The second-order valence-electron chi connectivity index (χ2n) is 5.99. The molecule has 1 aliphatic carbocycles. The molecule has 0 aliphatic heterocycles. The molecule has 17 heavy (non-hydrogen) atoms. The summed E-state index contributed by atoms with van der Waals surface area (Å²) in [4.78, 5) is 11.4. The molecule has 1 fully saturated rings. The van der Waals surface area contributed by atoms with Crippen LogP contribution in [0.2, 0.25) is 0 Å². The van der Waals surface area contributed by atoms with Crippen molar-refractivity contribution < 1.29 is 14.6 Å². The van der Waals surface area contributed by atoms with Gasteiger partial charge in [0.25, 0.3) is 0 Å². The molecule has 0 bridgehead atoms. The smallest absolute Gasteiger partial charge is 0.307 e. The summed E-state index contributed by atoms with van der Waals surface area (Å²) in [5.74, 6) is -0.156. The van der Waals surface area contributed by atoms with Gasteiger partial charge in [0.15, 0.2) is 0 Å². The van der Waals surface area contributed by atoms with E-state index in [4.69, 9.17) is 9.84 Å². The van der Waals surface area contributed by atoms with Gasteiger partial charge in [0.05, 0.1) is 6.42 Å². The number of hydrogen-bond acceptors (Lipinski definition) is 4. The van der Waals surface area contributed by atoms with Crippen LogP contribution < -0.4 is 5.32 Å². The summed E-state index contributed by atoms with van der Waals surface area (Å²) in [6, 6.07) is 0. The number of nitrogens with one attached hydrogen (secondary N) is 1. The number of esters is 1. The Morgan fingerprint density at radius 2 is 2.06 bits per heavy atom. The molecule has 1 aliphatic rings. The highest BCUT2D eigenvalue weighted by Crippen LogP contribution is 2.47. The van der Waals surface area contributed by atoms with E-state index >= 15 is 0 Å². The molecule has 0 aromatic heterocycles. The van der Waals surface area contributed by atoms with E-state index in [-0.39, 0.29) is 12.6 Å². The van der Waals surface area contributed by atoms with Crippen LogP contribution in [0.1, 0.15) is 46.5 Å². The van der Waals surface area contributed by atoms with Gasteiger partial charge in [0, 0.05) is 19.7 Å². The molecule has 0 unspecified atom stereocenters. The average molecular weight is 243 g/mol. The van der Waals surface area contributed by atoms with Crippen LogP contribution in [0.3, 0.4) is 0 Å². The van der Waals surface area contributed by atoms with Crippen LogP contribution in [-0.2, 0) is 9.53 Å². The van der Waals surface area contributed by atoms with Crippen LogP contribution in [0.4, 0.5) is 0 Å². The van der Waals surface area contributed by atoms with E-state index in [0.717, 1.165) is 13.0 Å². The predicted molar refractivity (Wildman–Crippen MR) is 66.7 cm³/mol. The Labute approximate surface area is 104 Å². The summed E-state index contributed by atoms with van der Waals surface area (Å²) in [5.41, 5.74) is -0.0889. The third kappa shape index (κ3) is 6.03. The molecule has 0 atom stereocenters. The van der Waals surface area contributed by atoms with Crippen molar-refractivity contribution in [2.75, 3.05) is 19.7 Å². The normalized spacial score (nSPS) is 17.9. The topological polar surface area (TPSA) is 58.6 Å². The van der Waals surface area contributed by atoms with Crippen molar-refractivity contribution in [2.45, 2.75) is 52.1 Å². The van der Waals surface area contributed by atoms with Gasteiger partial charge >= 0.3 is 5.97 Å². The maximum Gasteiger partial charge on any atom is 0.307 e. The van der Waals surface area contributed by atoms with Gasteiger partial charge in [-0.05, 0) is 45.4 Å². The van der Waals surface area contributed by atoms with E-state index in [1.54, 1.807) is 0 Å². The number of carbonyl (C=O) groups is 1. The first kappa shape index (κ1) is 14.5. The van der Waals surface area contributed by atoms with Gasteiger partial charge in [-0.15, -0.1) is 0 Å². The first-order valence-corrected chi connectivity index (χ1v) is 6.40. The Morgan fingerprint density at radius 3 is 2.53 bits per heavy atom. The average Bonchev–Trinajstić information content (AvgIpc) is 2.91.